The highest BCUT2D eigenvalue weighted by atomic mass is 35.5. The van der Waals surface area contributed by atoms with Crippen LogP contribution in [0.4, 0.5) is 116 Å². The fraction of sp³-hybridized carbons (Fsp3) is 0.396. The molecule has 15 aromatic heterocycles. The van der Waals surface area contributed by atoms with Gasteiger partial charge in [0.25, 0.3) is 0 Å². The van der Waals surface area contributed by atoms with Crippen molar-refractivity contribution in [3.63, 3.8) is 0 Å². The molecule has 0 radical (unpaired) electrons. The van der Waals surface area contributed by atoms with Gasteiger partial charge in [0.05, 0.1) is 65.5 Å². The number of nitrogens with one attached hydrogen (secondary N) is 6. The Balaban J connectivity index is 0.000000128. The normalized spacial score (nSPS) is 15.1. The van der Waals surface area contributed by atoms with Gasteiger partial charge in [-0.1, -0.05) is 76.7 Å². The fourth-order valence-electron chi connectivity index (χ4n) is 18.8. The monoisotopic (exact) mass is 2110 g/mol. The van der Waals surface area contributed by atoms with E-state index in [9.17, 15) is 0 Å². The smallest absolute Gasteiger partial charge is 0.230 e. The first kappa shape index (κ1) is 106. The van der Waals surface area contributed by atoms with Gasteiger partial charge in [-0.15, -0.1) is 0 Å². The highest BCUT2D eigenvalue weighted by Gasteiger charge is 2.33. The lowest BCUT2D eigenvalue weighted by molar-refractivity contribution is 0.477. The lowest BCUT2D eigenvalue weighted by atomic mass is 10.0. The summed E-state index contributed by atoms with van der Waals surface area (Å²) in [6.45, 7) is 27.8. The van der Waals surface area contributed by atoms with Crippen LogP contribution in [-0.4, -0.2) is 248 Å². The number of aryl methyl sites for hydroxylation is 14. The number of benzene rings is 1. The summed E-state index contributed by atoms with van der Waals surface area (Å²) < 4.78 is 8.92. The summed E-state index contributed by atoms with van der Waals surface area (Å²) in [7, 11) is 17.8. The largest absolute Gasteiger partial charge is 0.366 e. The van der Waals surface area contributed by atoms with Gasteiger partial charge in [0, 0.05) is 249 Å². The number of rotatable bonds is 25. The third-order valence-electron chi connectivity index (χ3n) is 27.8. The van der Waals surface area contributed by atoms with Gasteiger partial charge in [0.2, 0.25) is 29.7 Å². The molecule has 1 unspecified atom stereocenters. The summed E-state index contributed by atoms with van der Waals surface area (Å²) in [5.74, 6) is 12.3. The maximum atomic E-state index is 6.52. The molecule has 1 atom stereocenters. The van der Waals surface area contributed by atoms with Gasteiger partial charge in [-0.2, -0.15) is 50.4 Å². The van der Waals surface area contributed by atoms with Crippen molar-refractivity contribution in [2.45, 2.75) is 150 Å². The second kappa shape index (κ2) is 48.4. The first-order valence-electron chi connectivity index (χ1n) is 50.5. The van der Waals surface area contributed by atoms with Gasteiger partial charge in [0.1, 0.15) is 55.0 Å². The zero-order chi connectivity index (χ0) is 106. The second-order valence-electron chi connectivity index (χ2n) is 39.0. The molecule has 0 amide bonds. The van der Waals surface area contributed by atoms with Crippen LogP contribution >= 0.6 is 46.4 Å². The average Bonchev–Trinajstić information content (AvgIpc) is 1.64. The highest BCUT2D eigenvalue weighted by Crippen LogP contribution is 2.37. The Labute approximate surface area is 895 Å². The predicted molar refractivity (Wildman–Crippen MR) is 603 cm³/mol. The van der Waals surface area contributed by atoms with Crippen molar-refractivity contribution in [3.05, 3.63) is 248 Å². The van der Waals surface area contributed by atoms with Gasteiger partial charge in [-0.3, -0.25) is 23.4 Å². The van der Waals surface area contributed by atoms with Crippen molar-refractivity contribution in [1.29, 1.82) is 0 Å². The molecule has 0 spiro atoms. The fourth-order valence-corrected chi connectivity index (χ4v) is 19.6. The number of fused-ring (bicyclic) bond motifs is 1. The Morgan fingerprint density at radius 3 is 1.09 bits per heavy atom. The van der Waals surface area contributed by atoms with Crippen LogP contribution in [0.15, 0.2) is 178 Å². The maximum absolute atomic E-state index is 6.52. The van der Waals surface area contributed by atoms with Crippen molar-refractivity contribution in [3.8, 4) is 0 Å². The minimum Gasteiger partial charge on any atom is -0.366 e. The van der Waals surface area contributed by atoms with E-state index in [-0.39, 0.29) is 0 Å². The number of hydrogen-bond acceptors (Lipinski definition) is 35. The van der Waals surface area contributed by atoms with Crippen LogP contribution in [0.25, 0.3) is 10.9 Å². The SMILES string of the molecule is Cc1ccc(N2CCC(N(C)c3nc(Nc4cc(C)n(C)n4)ncc3Cl)CC2)nc1.Cc1ccc(N2CCC(N(C)c3nc(Nc4ccc5c(C)n(C)nc5c4)ncc3Cl)CC2)nc1.Cc1ccc(N2CCC(N(C)c3nc(Nc4cnn(C)c4)ncc3C)CC2)nc1.Cc1ccc(N2CCC(N(C)c3nc(Nc4cnn(C)c4)ncc3Cl)C2)nc1.Cc1ccc(N2CCC(Nc3nc(Nc4cn(C)nc4C)ncc3Cl)CC2)nc1. The van der Waals surface area contributed by atoms with Crippen LogP contribution in [0.3, 0.4) is 0 Å². The van der Waals surface area contributed by atoms with E-state index in [1.807, 2.05) is 153 Å². The second-order valence-corrected chi connectivity index (χ2v) is 40.6. The molecule has 6 N–H and O–H groups in total. The third-order valence-corrected chi connectivity index (χ3v) is 28.9. The van der Waals surface area contributed by atoms with E-state index in [4.69, 9.17) is 56.4 Å². The first-order chi connectivity index (χ1) is 72.2. The van der Waals surface area contributed by atoms with Crippen molar-refractivity contribution < 1.29 is 0 Å². The van der Waals surface area contributed by atoms with Crippen molar-refractivity contribution in [2.75, 3.05) is 170 Å². The minimum atomic E-state index is 0.293. The highest BCUT2D eigenvalue weighted by molar-refractivity contribution is 6.34. The van der Waals surface area contributed by atoms with Gasteiger partial charge in [0.15, 0.2) is 29.1 Å². The van der Waals surface area contributed by atoms with E-state index in [1.54, 1.807) is 51.2 Å². The summed E-state index contributed by atoms with van der Waals surface area (Å²) >= 11 is 25.7. The summed E-state index contributed by atoms with van der Waals surface area (Å²) in [4.78, 5) is 88.3. The van der Waals surface area contributed by atoms with Crippen LogP contribution < -0.4 is 76.0 Å². The molecule has 5 aliphatic rings. The number of piperidine rings is 4. The molecule has 1 aromatic carbocycles. The lowest BCUT2D eigenvalue weighted by Crippen LogP contribution is -2.44. The third kappa shape index (κ3) is 27.1. The number of aromatic nitrogens is 25. The van der Waals surface area contributed by atoms with Crippen LogP contribution in [0.1, 0.15) is 108 Å². The van der Waals surface area contributed by atoms with Gasteiger partial charge < -0.3 is 76.0 Å². The molecule has 20 heterocycles. The number of pyridine rings is 5. The van der Waals surface area contributed by atoms with Gasteiger partial charge in [-0.05, 0) is 196 Å². The molecule has 784 valence electrons. The summed E-state index contributed by atoms with van der Waals surface area (Å²) in [6, 6.07) is 30.8. The Kier molecular flexibility index (Phi) is 34.3. The molecule has 40 nitrogen and oxygen atoms in total. The lowest BCUT2D eigenvalue weighted by Gasteiger charge is -2.38. The van der Waals surface area contributed by atoms with E-state index in [2.05, 4.69) is 289 Å². The van der Waals surface area contributed by atoms with Crippen LogP contribution in [0.5, 0.6) is 0 Å². The maximum Gasteiger partial charge on any atom is 0.230 e. The molecule has 16 aromatic rings. The molecule has 5 saturated heterocycles. The van der Waals surface area contributed by atoms with E-state index in [0.29, 0.717) is 97.5 Å². The van der Waals surface area contributed by atoms with Crippen molar-refractivity contribution in [2.24, 2.45) is 35.2 Å². The molecule has 0 bridgehead atoms. The molecular formula is C106H132Cl4N40. The first-order valence-corrected chi connectivity index (χ1v) is 52.0. The topological polar surface area (TPSA) is 384 Å². The van der Waals surface area contributed by atoms with Crippen LogP contribution in [0, 0.1) is 62.3 Å². The van der Waals surface area contributed by atoms with Crippen molar-refractivity contribution in [1.82, 2.24) is 124 Å². The Hall–Kier alpha value is -15.2. The predicted octanol–water partition coefficient (Wildman–Crippen LogP) is 18.4. The van der Waals surface area contributed by atoms with Crippen LogP contribution in [0.2, 0.25) is 20.1 Å². The summed E-state index contributed by atoms with van der Waals surface area (Å²) in [5.41, 5.74) is 14.4. The number of hydrogen-bond donors (Lipinski definition) is 6. The Morgan fingerprint density at radius 1 is 0.320 bits per heavy atom. The van der Waals surface area contributed by atoms with E-state index >= 15 is 0 Å². The van der Waals surface area contributed by atoms with E-state index in [1.165, 1.54) is 22.3 Å². The molecule has 5 aliphatic heterocycles. The van der Waals surface area contributed by atoms with Gasteiger partial charge >= 0.3 is 0 Å². The molecule has 150 heavy (non-hydrogen) atoms. The Bertz CT molecular complexity index is 7150. The molecule has 21 rings (SSSR count). The average molecular weight is 2110 g/mol. The number of likely N-dealkylation sites (N-methyl/N-ethyl adjacent to an activating group) is 1. The van der Waals surface area contributed by atoms with Crippen molar-refractivity contribution >= 4 is 174 Å². The van der Waals surface area contributed by atoms with Crippen LogP contribution in [-0.2, 0) is 35.2 Å². The molecule has 0 saturated carbocycles. The van der Waals surface area contributed by atoms with E-state index in [0.717, 1.165) is 232 Å². The molecule has 5 fully saturated rings. The summed E-state index contributed by atoms with van der Waals surface area (Å²) in [6.07, 6.45) is 36.4. The standard InChI is InChI=1S/C25H29ClN8.C21H27ClN8.C21H28N8.C20H25ClN8.C19H23ClN8/c1-16-5-8-23(27-14-16)34-11-9-19(10-12-34)32(3)24-21(26)15-28-25(30-24)29-18-6-7-20-17(2)33(4)31-22(20)13-18;1-14-5-6-19(23-12-14)30-9-7-16(8-10-30)28(3)20-17(22)13-24-21(26-20)25-18-11-15(2)29(4)27-18;1-15-5-6-19(22-11-15)29-9-7-18(8-10-29)28(4)20-16(2)12-23-21(26-20)25-17-13-24-27(3)14-17;1-13-4-5-18(22-10-13)29-8-6-15(7-9-29)24-19-16(21)11-23-20(26-19)25-17-12-28(3)27-14(17)2;1-13-4-5-17(21-8-13)28-7-6-15(12-28)27(3)18-16(20)10-22-19(25-18)24-14-9-23-26(2)11-14/h5-8,13-15,19H,9-12H2,1-4H3,(H,28,29,30);5-6,11-13,16H,7-10H2,1-4H3,(H,24,25,26,27);5-6,11-14,18H,7-10H2,1-4H3,(H,23,25,26);4-5,10-12,15H,6-9H2,1-3H3,(H2,23,24,25,26);4-5,8-11,15H,6-7,12H2,1-3H3,(H,22,24,25). The molecular weight excluding hydrogens is 1980 g/mol. The number of halogens is 4. The number of anilines is 20. The number of nitrogens with zero attached hydrogens (tertiary/aromatic N) is 34. The molecule has 0 aliphatic carbocycles. The summed E-state index contributed by atoms with van der Waals surface area (Å²) in [5, 5.41) is 44.5. The quantitative estimate of drug-likeness (QED) is 0.0309. The molecule has 44 heteroatoms. The Morgan fingerprint density at radius 2 is 0.693 bits per heavy atom. The van der Waals surface area contributed by atoms with E-state index < -0.39 is 0 Å². The zero-order valence-electron chi connectivity index (χ0n) is 88.3. The van der Waals surface area contributed by atoms with Gasteiger partial charge in [-0.25, -0.2) is 49.8 Å². The zero-order valence-corrected chi connectivity index (χ0v) is 91.3. The minimum absolute atomic E-state index is 0.293.